The van der Waals surface area contributed by atoms with Crippen LogP contribution < -0.4 is 4.74 Å². The van der Waals surface area contributed by atoms with Gasteiger partial charge in [0.25, 0.3) is 5.91 Å². The van der Waals surface area contributed by atoms with Crippen molar-refractivity contribution >= 4 is 22.6 Å². The zero-order valence-electron chi connectivity index (χ0n) is 13.2. The number of carbonyl (C=O) groups is 2. The molecule has 0 spiro atoms. The summed E-state index contributed by atoms with van der Waals surface area (Å²) in [5.41, 5.74) is -2.37. The van der Waals surface area contributed by atoms with Crippen LogP contribution in [0, 0.1) is 0 Å². The molecule has 126 valence electrons. The van der Waals surface area contributed by atoms with Gasteiger partial charge in [-0.05, 0) is 18.4 Å². The van der Waals surface area contributed by atoms with Gasteiger partial charge < -0.3 is 14.7 Å². The lowest BCUT2D eigenvalue weighted by Gasteiger charge is -2.22. The lowest BCUT2D eigenvalue weighted by atomic mass is 10.1. The molecule has 24 heavy (non-hydrogen) atoms. The standard InChI is InChI=1S/C18H18FNO4/c1-12(16(21)20-10-9-18(19,11-20)17(22)23)24-15-8-4-6-13-5-2-3-7-14(13)15/h2-8,12H,9-11H2,1H3,(H,22,23). The SMILES string of the molecule is CC(Oc1cccc2ccccc12)C(=O)N1CCC(F)(C(=O)O)C1. The number of rotatable bonds is 4. The van der Waals surface area contributed by atoms with Crippen molar-refractivity contribution in [3.05, 3.63) is 42.5 Å². The zero-order valence-corrected chi connectivity index (χ0v) is 13.2. The third-order valence-corrected chi connectivity index (χ3v) is 4.32. The Bertz CT molecular complexity index is 788. The van der Waals surface area contributed by atoms with Gasteiger partial charge in [-0.15, -0.1) is 0 Å². The van der Waals surface area contributed by atoms with E-state index in [1.54, 1.807) is 13.0 Å². The number of carboxylic acids is 1. The van der Waals surface area contributed by atoms with Gasteiger partial charge in [-0.1, -0.05) is 36.4 Å². The minimum atomic E-state index is -2.37. The number of benzene rings is 2. The predicted molar refractivity (Wildman–Crippen MR) is 86.7 cm³/mol. The van der Waals surface area contributed by atoms with Crippen molar-refractivity contribution in [2.75, 3.05) is 13.1 Å². The molecule has 1 amide bonds. The Hall–Kier alpha value is -2.63. The van der Waals surface area contributed by atoms with Crippen LogP contribution >= 0.6 is 0 Å². The van der Waals surface area contributed by atoms with E-state index >= 15 is 0 Å². The molecule has 0 aromatic heterocycles. The van der Waals surface area contributed by atoms with Crippen LogP contribution in [-0.4, -0.2) is 46.7 Å². The number of aliphatic carboxylic acids is 1. The molecule has 0 aliphatic carbocycles. The van der Waals surface area contributed by atoms with Crippen molar-refractivity contribution < 1.29 is 23.8 Å². The van der Waals surface area contributed by atoms with Crippen molar-refractivity contribution in [1.82, 2.24) is 4.90 Å². The van der Waals surface area contributed by atoms with Crippen molar-refractivity contribution in [2.24, 2.45) is 0 Å². The number of carbonyl (C=O) groups excluding carboxylic acids is 1. The van der Waals surface area contributed by atoms with Crippen molar-refractivity contribution in [3.8, 4) is 5.75 Å². The molecule has 5 nitrogen and oxygen atoms in total. The van der Waals surface area contributed by atoms with Crippen LogP contribution in [-0.2, 0) is 9.59 Å². The summed E-state index contributed by atoms with van der Waals surface area (Å²) in [5.74, 6) is -1.37. The zero-order chi connectivity index (χ0) is 17.3. The maximum Gasteiger partial charge on any atom is 0.343 e. The topological polar surface area (TPSA) is 66.8 Å². The monoisotopic (exact) mass is 331 g/mol. The number of likely N-dealkylation sites (tertiary alicyclic amines) is 1. The molecule has 0 radical (unpaired) electrons. The van der Waals surface area contributed by atoms with Gasteiger partial charge in [0.05, 0.1) is 6.54 Å². The first-order chi connectivity index (χ1) is 11.4. The van der Waals surface area contributed by atoms with Crippen molar-refractivity contribution in [1.29, 1.82) is 0 Å². The summed E-state index contributed by atoms with van der Waals surface area (Å²) in [6, 6.07) is 13.2. The fraction of sp³-hybridized carbons (Fsp3) is 0.333. The first-order valence-corrected chi connectivity index (χ1v) is 7.76. The number of halogens is 1. The Labute approximate surface area is 138 Å². The van der Waals surface area contributed by atoms with Gasteiger partial charge >= 0.3 is 5.97 Å². The van der Waals surface area contributed by atoms with E-state index in [2.05, 4.69) is 0 Å². The molecule has 1 aliphatic rings. The van der Waals surface area contributed by atoms with Crippen molar-refractivity contribution in [3.63, 3.8) is 0 Å². The van der Waals surface area contributed by atoms with Crippen LogP contribution in [0.4, 0.5) is 4.39 Å². The number of hydrogen-bond donors (Lipinski definition) is 1. The third kappa shape index (κ3) is 2.91. The molecule has 1 saturated heterocycles. The lowest BCUT2D eigenvalue weighted by molar-refractivity contribution is -0.150. The molecule has 0 saturated carbocycles. The van der Waals surface area contributed by atoms with Crippen molar-refractivity contribution in [2.45, 2.75) is 25.1 Å². The number of ether oxygens (including phenoxy) is 1. The van der Waals surface area contributed by atoms with E-state index in [-0.39, 0.29) is 13.0 Å². The minimum absolute atomic E-state index is 0.0743. The second kappa shape index (κ2) is 6.11. The fourth-order valence-electron chi connectivity index (χ4n) is 2.93. The van der Waals surface area contributed by atoms with E-state index in [1.165, 1.54) is 4.90 Å². The number of hydrogen-bond acceptors (Lipinski definition) is 3. The summed E-state index contributed by atoms with van der Waals surface area (Å²) in [5, 5.41) is 10.8. The first kappa shape index (κ1) is 16.2. The predicted octanol–water partition coefficient (Wildman–Crippen LogP) is 2.63. The molecule has 1 heterocycles. The highest BCUT2D eigenvalue weighted by atomic mass is 19.1. The summed E-state index contributed by atoms with van der Waals surface area (Å²) < 4.78 is 19.9. The summed E-state index contributed by atoms with van der Waals surface area (Å²) in [4.78, 5) is 24.6. The fourth-order valence-corrected chi connectivity index (χ4v) is 2.93. The Kier molecular flexibility index (Phi) is 4.13. The quantitative estimate of drug-likeness (QED) is 0.935. The smallest absolute Gasteiger partial charge is 0.343 e. The molecule has 6 heteroatoms. The van der Waals surface area contributed by atoms with Gasteiger partial charge in [0.2, 0.25) is 5.67 Å². The molecule has 1 aliphatic heterocycles. The second-order valence-electron chi connectivity index (χ2n) is 6.02. The molecule has 2 aromatic carbocycles. The summed E-state index contributed by atoms with van der Waals surface area (Å²) in [7, 11) is 0. The van der Waals surface area contributed by atoms with E-state index in [1.807, 2.05) is 36.4 Å². The van der Waals surface area contributed by atoms with Crippen LogP contribution in [0.5, 0.6) is 5.75 Å². The number of nitrogens with zero attached hydrogens (tertiary/aromatic N) is 1. The summed E-state index contributed by atoms with van der Waals surface area (Å²) in [6.45, 7) is 1.22. The Balaban J connectivity index is 1.74. The van der Waals surface area contributed by atoms with Gasteiger partial charge in [0.15, 0.2) is 6.10 Å². The van der Waals surface area contributed by atoms with Gasteiger partial charge in [0.1, 0.15) is 5.75 Å². The lowest BCUT2D eigenvalue weighted by Crippen LogP contribution is -2.43. The minimum Gasteiger partial charge on any atom is -0.480 e. The molecule has 2 aromatic rings. The summed E-state index contributed by atoms with van der Waals surface area (Å²) >= 11 is 0. The maximum absolute atomic E-state index is 14.1. The normalized spacial score (nSPS) is 21.7. The van der Waals surface area contributed by atoms with Crippen LogP contribution in [0.25, 0.3) is 10.8 Å². The molecule has 0 bridgehead atoms. The molecule has 2 unspecified atom stereocenters. The Morgan fingerprint density at radius 3 is 2.67 bits per heavy atom. The first-order valence-electron chi connectivity index (χ1n) is 7.76. The van der Waals surface area contributed by atoms with Gasteiger partial charge in [0, 0.05) is 18.4 Å². The third-order valence-electron chi connectivity index (χ3n) is 4.32. The number of fused-ring (bicyclic) bond motifs is 1. The molecule has 3 rings (SSSR count). The highest BCUT2D eigenvalue weighted by Gasteiger charge is 2.47. The molecule has 1 fully saturated rings. The molecular formula is C18H18FNO4. The maximum atomic E-state index is 14.1. The Morgan fingerprint density at radius 1 is 1.25 bits per heavy atom. The van der Waals surface area contributed by atoms with Crippen LogP contribution in [0.3, 0.4) is 0 Å². The highest BCUT2D eigenvalue weighted by Crippen LogP contribution is 2.29. The van der Waals surface area contributed by atoms with E-state index in [4.69, 9.17) is 9.84 Å². The van der Waals surface area contributed by atoms with E-state index < -0.39 is 30.2 Å². The van der Waals surface area contributed by atoms with E-state index in [0.29, 0.717) is 5.75 Å². The largest absolute Gasteiger partial charge is 0.480 e. The van der Waals surface area contributed by atoms with E-state index in [0.717, 1.165) is 10.8 Å². The Morgan fingerprint density at radius 2 is 1.96 bits per heavy atom. The van der Waals surface area contributed by atoms with Gasteiger partial charge in [-0.25, -0.2) is 9.18 Å². The number of alkyl halides is 1. The van der Waals surface area contributed by atoms with Crippen LogP contribution in [0.15, 0.2) is 42.5 Å². The van der Waals surface area contributed by atoms with E-state index in [9.17, 15) is 14.0 Å². The average molecular weight is 331 g/mol. The molecular weight excluding hydrogens is 313 g/mol. The number of amides is 1. The molecule has 2 atom stereocenters. The summed E-state index contributed by atoms with van der Waals surface area (Å²) in [6.07, 6.45) is -1.03. The van der Waals surface area contributed by atoms with Crippen LogP contribution in [0.2, 0.25) is 0 Å². The van der Waals surface area contributed by atoms with Gasteiger partial charge in [-0.3, -0.25) is 4.79 Å². The van der Waals surface area contributed by atoms with Gasteiger partial charge in [-0.2, -0.15) is 0 Å². The number of carboxylic acid groups (broad SMARTS) is 1. The van der Waals surface area contributed by atoms with Crippen LogP contribution in [0.1, 0.15) is 13.3 Å². The highest BCUT2D eigenvalue weighted by molar-refractivity contribution is 5.89. The molecule has 1 N–H and O–H groups in total. The second-order valence-corrected chi connectivity index (χ2v) is 6.02. The average Bonchev–Trinajstić information content (AvgIpc) is 2.98.